The van der Waals surface area contributed by atoms with Gasteiger partial charge in [0.05, 0.1) is 0 Å². The van der Waals surface area contributed by atoms with E-state index in [-0.39, 0.29) is 5.41 Å². The minimum Gasteiger partial charge on any atom is -0.342 e. The lowest BCUT2D eigenvalue weighted by atomic mass is 9.77. The van der Waals surface area contributed by atoms with Crippen LogP contribution in [-0.4, -0.2) is 6.04 Å². The fourth-order valence-corrected chi connectivity index (χ4v) is 3.51. The normalized spacial score (nSPS) is 21.0. The Morgan fingerprint density at radius 1 is 1.00 bits per heavy atom. The number of anilines is 1. The first kappa shape index (κ1) is 13.9. The minimum atomic E-state index is -0.0256. The maximum Gasteiger partial charge on any atom is 0.0453 e. The largest absolute Gasteiger partial charge is 0.342 e. The number of rotatable bonds is 3. The molecule has 1 heteroatoms. The molecule has 1 aliphatic rings. The molecule has 1 unspecified atom stereocenters. The molecule has 0 fully saturated rings. The zero-order valence-corrected chi connectivity index (χ0v) is 13.1. The summed E-state index contributed by atoms with van der Waals surface area (Å²) in [6.07, 6.45) is 0.993. The second-order valence-corrected chi connectivity index (χ2v) is 6.42. The molecule has 1 atom stereocenters. The third-order valence-corrected chi connectivity index (χ3v) is 4.60. The molecule has 0 amide bonds. The lowest BCUT2D eigenvalue weighted by Gasteiger charge is -2.31. The van der Waals surface area contributed by atoms with Gasteiger partial charge in [-0.25, -0.2) is 0 Å². The van der Waals surface area contributed by atoms with E-state index >= 15 is 0 Å². The smallest absolute Gasteiger partial charge is 0.0453 e. The molecule has 21 heavy (non-hydrogen) atoms. The van der Waals surface area contributed by atoms with Crippen LogP contribution in [0.25, 0.3) is 0 Å². The van der Waals surface area contributed by atoms with Crippen molar-refractivity contribution in [2.75, 3.05) is 4.90 Å². The van der Waals surface area contributed by atoms with Crippen LogP contribution in [0.3, 0.4) is 0 Å². The summed E-state index contributed by atoms with van der Waals surface area (Å²) in [7, 11) is 0. The van der Waals surface area contributed by atoms with E-state index in [9.17, 15) is 0 Å². The maximum atomic E-state index is 4.45. The van der Waals surface area contributed by atoms with Gasteiger partial charge in [0.25, 0.3) is 0 Å². The van der Waals surface area contributed by atoms with E-state index in [1.165, 1.54) is 22.5 Å². The van der Waals surface area contributed by atoms with Gasteiger partial charge in [0.1, 0.15) is 0 Å². The number of benzene rings is 2. The van der Waals surface area contributed by atoms with Gasteiger partial charge in [-0.15, -0.1) is 0 Å². The Kier molecular flexibility index (Phi) is 3.36. The van der Waals surface area contributed by atoms with E-state index in [2.05, 4.69) is 86.8 Å². The minimum absolute atomic E-state index is 0.0256. The highest BCUT2D eigenvalue weighted by molar-refractivity contribution is 5.71. The van der Waals surface area contributed by atoms with E-state index in [0.29, 0.717) is 6.04 Å². The second-order valence-electron chi connectivity index (χ2n) is 6.42. The fourth-order valence-electron chi connectivity index (χ4n) is 3.51. The van der Waals surface area contributed by atoms with E-state index in [1.54, 1.807) is 0 Å². The van der Waals surface area contributed by atoms with Crippen LogP contribution in [0.1, 0.15) is 31.9 Å². The summed E-state index contributed by atoms with van der Waals surface area (Å²) in [6, 6.07) is 19.9. The molecule has 1 heterocycles. The van der Waals surface area contributed by atoms with E-state index in [0.717, 1.165) is 6.42 Å². The third kappa shape index (κ3) is 2.17. The molecule has 0 spiro atoms. The molecule has 3 rings (SSSR count). The van der Waals surface area contributed by atoms with E-state index in [4.69, 9.17) is 0 Å². The van der Waals surface area contributed by atoms with Crippen molar-refractivity contribution in [3.8, 4) is 0 Å². The molecule has 0 radical (unpaired) electrons. The summed E-state index contributed by atoms with van der Waals surface area (Å²) < 4.78 is 0. The number of nitrogens with zero attached hydrogens (tertiary/aromatic N) is 1. The summed E-state index contributed by atoms with van der Waals surface area (Å²) in [5, 5.41) is 0. The van der Waals surface area contributed by atoms with E-state index in [1.807, 2.05) is 0 Å². The maximum absolute atomic E-state index is 4.45. The lowest BCUT2D eigenvalue weighted by Crippen LogP contribution is -2.33. The molecule has 0 bridgehead atoms. The van der Waals surface area contributed by atoms with Crippen molar-refractivity contribution >= 4 is 5.69 Å². The van der Waals surface area contributed by atoms with Crippen LogP contribution in [0.5, 0.6) is 0 Å². The zero-order chi connectivity index (χ0) is 15.0. The van der Waals surface area contributed by atoms with Gasteiger partial charge in [0.2, 0.25) is 0 Å². The molecular weight excluding hydrogens is 254 g/mol. The third-order valence-electron chi connectivity index (χ3n) is 4.60. The molecule has 2 aromatic carbocycles. The van der Waals surface area contributed by atoms with Gasteiger partial charge >= 0.3 is 0 Å². The van der Waals surface area contributed by atoms with Crippen molar-refractivity contribution in [1.29, 1.82) is 0 Å². The van der Waals surface area contributed by atoms with Crippen LogP contribution in [0.2, 0.25) is 0 Å². The predicted molar refractivity (Wildman–Crippen MR) is 90.7 cm³/mol. The molecule has 2 aromatic rings. The Morgan fingerprint density at radius 3 is 2.29 bits per heavy atom. The monoisotopic (exact) mass is 277 g/mol. The van der Waals surface area contributed by atoms with Crippen molar-refractivity contribution in [3.05, 3.63) is 78.0 Å². The molecule has 108 valence electrons. The summed E-state index contributed by atoms with van der Waals surface area (Å²) in [6.45, 7) is 11.2. The average Bonchev–Trinajstić information content (AvgIpc) is 2.69. The Bertz CT molecular complexity index is 657. The second kappa shape index (κ2) is 5.07. The molecule has 0 saturated carbocycles. The van der Waals surface area contributed by atoms with Crippen molar-refractivity contribution in [3.63, 3.8) is 0 Å². The first-order valence-corrected chi connectivity index (χ1v) is 7.66. The Balaban J connectivity index is 2.08. The molecule has 1 aliphatic heterocycles. The van der Waals surface area contributed by atoms with Crippen LogP contribution < -0.4 is 4.90 Å². The van der Waals surface area contributed by atoms with Crippen LogP contribution in [0, 0.1) is 0 Å². The average molecular weight is 277 g/mol. The first-order chi connectivity index (χ1) is 10.0. The lowest BCUT2D eigenvalue weighted by molar-refractivity contribution is 0.554. The van der Waals surface area contributed by atoms with Gasteiger partial charge in [0, 0.05) is 22.8 Å². The molecule has 0 aliphatic carbocycles. The first-order valence-electron chi connectivity index (χ1n) is 7.66. The highest BCUT2D eigenvalue weighted by Gasteiger charge is 2.43. The summed E-state index contributed by atoms with van der Waals surface area (Å²) in [4.78, 5) is 2.39. The van der Waals surface area contributed by atoms with Crippen molar-refractivity contribution in [2.45, 2.75) is 38.6 Å². The molecular formula is C20H23N. The van der Waals surface area contributed by atoms with Gasteiger partial charge in [-0.05, 0) is 44.4 Å². The Labute approximate surface area is 127 Å². The number of hydrogen-bond donors (Lipinski definition) is 0. The zero-order valence-electron chi connectivity index (χ0n) is 13.1. The number of para-hydroxylation sites is 1. The van der Waals surface area contributed by atoms with Crippen LogP contribution >= 0.6 is 0 Å². The van der Waals surface area contributed by atoms with Crippen LogP contribution in [0.4, 0.5) is 5.69 Å². The van der Waals surface area contributed by atoms with E-state index < -0.39 is 0 Å². The summed E-state index contributed by atoms with van der Waals surface area (Å²) >= 11 is 0. The van der Waals surface area contributed by atoms with Gasteiger partial charge in [0.15, 0.2) is 0 Å². The van der Waals surface area contributed by atoms with Crippen molar-refractivity contribution in [2.24, 2.45) is 0 Å². The molecule has 0 aromatic heterocycles. The SMILES string of the molecule is C=C1N(C(C)C)c2ccccc2C1(C)Cc1ccccc1. The van der Waals surface area contributed by atoms with Gasteiger partial charge in [-0.2, -0.15) is 0 Å². The predicted octanol–water partition coefficient (Wildman–Crippen LogP) is 4.93. The summed E-state index contributed by atoms with van der Waals surface area (Å²) in [5.41, 5.74) is 5.26. The Hall–Kier alpha value is -2.02. The highest BCUT2D eigenvalue weighted by Crippen LogP contribution is 2.49. The topological polar surface area (TPSA) is 3.24 Å². The van der Waals surface area contributed by atoms with Crippen molar-refractivity contribution in [1.82, 2.24) is 0 Å². The van der Waals surface area contributed by atoms with Crippen LogP contribution in [0.15, 0.2) is 66.9 Å². The summed E-state index contributed by atoms with van der Waals surface area (Å²) in [5.74, 6) is 0. The van der Waals surface area contributed by atoms with Crippen LogP contribution in [-0.2, 0) is 11.8 Å². The molecule has 0 N–H and O–H groups in total. The quantitative estimate of drug-likeness (QED) is 0.769. The van der Waals surface area contributed by atoms with Gasteiger partial charge in [-0.3, -0.25) is 0 Å². The van der Waals surface area contributed by atoms with Gasteiger partial charge in [-0.1, -0.05) is 55.1 Å². The number of allylic oxidation sites excluding steroid dienone is 1. The standard InChI is InChI=1S/C20H23N/c1-15(2)21-16(3)20(4,14-17-10-6-5-7-11-17)18-12-8-9-13-19(18)21/h5-13,15H,3,14H2,1-2,4H3. The number of hydrogen-bond acceptors (Lipinski definition) is 1. The fraction of sp³-hybridized carbons (Fsp3) is 0.300. The van der Waals surface area contributed by atoms with Gasteiger partial charge < -0.3 is 4.90 Å². The van der Waals surface area contributed by atoms with Crippen molar-refractivity contribution < 1.29 is 0 Å². The highest BCUT2D eigenvalue weighted by atomic mass is 15.2. The molecule has 1 nitrogen and oxygen atoms in total. The molecule has 0 saturated heterocycles. The Morgan fingerprint density at radius 2 is 1.62 bits per heavy atom. The number of fused-ring (bicyclic) bond motifs is 1.